The smallest absolute Gasteiger partial charge is 0.228 e. The third kappa shape index (κ3) is 6.41. The lowest BCUT2D eigenvalue weighted by molar-refractivity contribution is 0.402. The molecule has 40 heavy (non-hydrogen) atoms. The fourth-order valence-corrected chi connectivity index (χ4v) is 5.22. The van der Waals surface area contributed by atoms with Crippen LogP contribution in [-0.2, 0) is 10.9 Å². The number of rotatable bonds is 9. The van der Waals surface area contributed by atoms with Gasteiger partial charge in [0.25, 0.3) is 0 Å². The molecule has 0 radical (unpaired) electrons. The summed E-state index contributed by atoms with van der Waals surface area (Å²) in [5.74, 6) is -2.48. The fraction of sp³-hybridized carbons (Fsp3) is 0.250. The average Bonchev–Trinajstić information content (AvgIpc) is 2.97. The number of nitrogens with two attached hydrogens (primary N) is 1. The van der Waals surface area contributed by atoms with Crippen molar-refractivity contribution < 1.29 is 21.9 Å². The maximum Gasteiger partial charge on any atom is 0.228 e. The maximum atomic E-state index is 15.3. The van der Waals surface area contributed by atoms with Crippen LogP contribution in [0.5, 0.6) is 11.6 Å². The van der Waals surface area contributed by atoms with E-state index >= 15 is 8.78 Å². The van der Waals surface area contributed by atoms with Crippen molar-refractivity contribution in [3.63, 3.8) is 0 Å². The zero-order valence-corrected chi connectivity index (χ0v) is 22.2. The zero-order valence-electron chi connectivity index (χ0n) is 21.3. The molecule has 1 aliphatic carbocycles. The monoisotopic (exact) mass is 566 g/mol. The molecule has 0 amide bonds. The van der Waals surface area contributed by atoms with Crippen LogP contribution < -0.4 is 20.5 Å². The standard InChI is InChI=1S/C28H28F2N6O3S/c29-24-21(26(36-40(37)38)17-5-2-1-3-6-17)12-13-23(25(24)30)39-27-20(7-4-15-32-27)22-14-16-33-28(35-22)34-19-10-8-18(31)9-11-19/h1-7,12-16,18-19,26,40H,8-11,31H2,(H,33,34,35)(H,36,37,38)/t18-,19-,26?. The van der Waals surface area contributed by atoms with E-state index in [0.29, 0.717) is 22.8 Å². The number of hydrogen-bond acceptors (Lipinski definition) is 8. The SMILES string of the molecule is N[C@H]1CC[C@H](Nc2nccc(-c3cccnc3Oc3ccc(C(N[SH](=O)=O)c4ccccc4)c(F)c3F)n2)CC1. The maximum absolute atomic E-state index is 15.3. The number of pyridine rings is 1. The molecular weight excluding hydrogens is 538 g/mol. The molecule has 12 heteroatoms. The van der Waals surface area contributed by atoms with Crippen molar-refractivity contribution in [3.8, 4) is 22.9 Å². The Bertz CT molecular complexity index is 1540. The van der Waals surface area contributed by atoms with Gasteiger partial charge in [-0.05, 0) is 55.5 Å². The van der Waals surface area contributed by atoms with Crippen molar-refractivity contribution in [3.05, 3.63) is 95.8 Å². The van der Waals surface area contributed by atoms with Gasteiger partial charge >= 0.3 is 0 Å². The molecule has 208 valence electrons. The quantitative estimate of drug-likeness (QED) is 0.218. The second kappa shape index (κ2) is 12.5. The van der Waals surface area contributed by atoms with Crippen LogP contribution in [0.3, 0.4) is 0 Å². The molecule has 4 aromatic rings. The van der Waals surface area contributed by atoms with Crippen LogP contribution in [-0.4, -0.2) is 35.5 Å². The summed E-state index contributed by atoms with van der Waals surface area (Å²) in [6, 6.07) is 15.2. The Morgan fingerprint density at radius 3 is 2.42 bits per heavy atom. The number of halogens is 2. The zero-order chi connectivity index (χ0) is 28.1. The second-order valence-corrected chi connectivity index (χ2v) is 10.3. The molecule has 0 spiro atoms. The molecule has 5 rings (SSSR count). The average molecular weight is 567 g/mol. The minimum absolute atomic E-state index is 0.0159. The molecule has 4 N–H and O–H groups in total. The molecule has 9 nitrogen and oxygen atoms in total. The van der Waals surface area contributed by atoms with E-state index in [4.69, 9.17) is 10.5 Å². The fourth-order valence-electron chi connectivity index (χ4n) is 4.72. The predicted molar refractivity (Wildman–Crippen MR) is 147 cm³/mol. The van der Waals surface area contributed by atoms with Crippen molar-refractivity contribution in [2.75, 3.05) is 5.32 Å². The van der Waals surface area contributed by atoms with Gasteiger partial charge in [0.2, 0.25) is 28.5 Å². The largest absolute Gasteiger partial charge is 0.435 e. The first kappa shape index (κ1) is 27.6. The molecule has 2 aromatic carbocycles. The van der Waals surface area contributed by atoms with Crippen LogP contribution in [0.4, 0.5) is 14.7 Å². The summed E-state index contributed by atoms with van der Waals surface area (Å²) >= 11 is 0. The number of thiol groups is 1. The van der Waals surface area contributed by atoms with Gasteiger partial charge in [-0.25, -0.2) is 32.5 Å². The van der Waals surface area contributed by atoms with E-state index in [1.54, 1.807) is 54.7 Å². The molecule has 1 atom stereocenters. The van der Waals surface area contributed by atoms with Gasteiger partial charge in [-0.2, -0.15) is 4.39 Å². The molecule has 0 bridgehead atoms. The third-order valence-electron chi connectivity index (χ3n) is 6.77. The highest BCUT2D eigenvalue weighted by molar-refractivity contribution is 7.70. The number of anilines is 1. The van der Waals surface area contributed by atoms with E-state index < -0.39 is 34.3 Å². The summed E-state index contributed by atoms with van der Waals surface area (Å²) in [5.41, 5.74) is 7.20. The molecule has 2 aromatic heterocycles. The van der Waals surface area contributed by atoms with Crippen molar-refractivity contribution in [1.82, 2.24) is 19.7 Å². The Kier molecular flexibility index (Phi) is 8.58. The first-order valence-electron chi connectivity index (χ1n) is 12.8. The van der Waals surface area contributed by atoms with Crippen molar-refractivity contribution >= 4 is 16.8 Å². The van der Waals surface area contributed by atoms with Gasteiger partial charge in [-0.15, -0.1) is 0 Å². The summed E-state index contributed by atoms with van der Waals surface area (Å²) in [4.78, 5) is 13.1. The molecule has 2 heterocycles. The first-order valence-corrected chi connectivity index (χ1v) is 14.0. The van der Waals surface area contributed by atoms with Gasteiger partial charge in [0, 0.05) is 30.0 Å². The summed E-state index contributed by atoms with van der Waals surface area (Å²) < 4.78 is 61.5. The Labute approximate surface area is 231 Å². The highest BCUT2D eigenvalue weighted by Gasteiger charge is 2.25. The number of nitrogens with zero attached hydrogens (tertiary/aromatic N) is 3. The molecule has 1 saturated carbocycles. The van der Waals surface area contributed by atoms with Crippen LogP contribution in [0.2, 0.25) is 0 Å². The second-order valence-electron chi connectivity index (χ2n) is 9.49. The topological polar surface area (TPSA) is 132 Å². The van der Waals surface area contributed by atoms with E-state index in [-0.39, 0.29) is 23.5 Å². The van der Waals surface area contributed by atoms with Crippen LogP contribution in [0.25, 0.3) is 11.3 Å². The molecule has 1 fully saturated rings. The highest BCUT2D eigenvalue weighted by Crippen LogP contribution is 2.35. The van der Waals surface area contributed by atoms with Gasteiger partial charge in [-0.1, -0.05) is 36.4 Å². The molecule has 0 aliphatic heterocycles. The van der Waals surface area contributed by atoms with Gasteiger partial charge in [-0.3, -0.25) is 0 Å². The van der Waals surface area contributed by atoms with E-state index in [2.05, 4.69) is 25.0 Å². The Morgan fingerprint density at radius 1 is 0.900 bits per heavy atom. The minimum atomic E-state index is -3.10. The molecule has 0 saturated heterocycles. The van der Waals surface area contributed by atoms with Gasteiger partial charge < -0.3 is 15.8 Å². The van der Waals surface area contributed by atoms with Crippen LogP contribution >= 0.6 is 0 Å². The number of hydrogen-bond donors (Lipinski definition) is 4. The van der Waals surface area contributed by atoms with Crippen LogP contribution in [0.1, 0.15) is 42.9 Å². The van der Waals surface area contributed by atoms with Crippen LogP contribution in [0, 0.1) is 11.6 Å². The summed E-state index contributed by atoms with van der Waals surface area (Å²) in [6.45, 7) is 0. The molecule has 1 unspecified atom stereocenters. The first-order chi connectivity index (χ1) is 19.4. The van der Waals surface area contributed by atoms with Crippen molar-refractivity contribution in [2.45, 2.75) is 43.8 Å². The van der Waals surface area contributed by atoms with E-state index in [9.17, 15) is 8.42 Å². The summed E-state index contributed by atoms with van der Waals surface area (Å²) in [6.07, 6.45) is 6.76. The number of benzene rings is 2. The lowest BCUT2D eigenvalue weighted by Crippen LogP contribution is -2.33. The normalized spacial score (nSPS) is 17.9. The third-order valence-corrected chi connectivity index (χ3v) is 7.24. The number of ether oxygens (including phenoxy) is 1. The Hall–Kier alpha value is -4.00. The number of nitrogens with one attached hydrogen (secondary N) is 2. The minimum Gasteiger partial charge on any atom is -0.435 e. The Balaban J connectivity index is 1.41. The van der Waals surface area contributed by atoms with Gasteiger partial charge in [0.15, 0.2) is 11.6 Å². The number of aromatic nitrogens is 3. The van der Waals surface area contributed by atoms with Gasteiger partial charge in [0.1, 0.15) is 0 Å². The lowest BCUT2D eigenvalue weighted by atomic mass is 9.92. The predicted octanol–water partition coefficient (Wildman–Crippen LogP) is 4.50. The summed E-state index contributed by atoms with van der Waals surface area (Å²) in [5, 5.41) is 3.34. The highest BCUT2D eigenvalue weighted by atomic mass is 32.2. The van der Waals surface area contributed by atoms with Crippen LogP contribution in [0.15, 0.2) is 73.1 Å². The van der Waals surface area contributed by atoms with E-state index in [1.165, 1.54) is 18.3 Å². The van der Waals surface area contributed by atoms with Gasteiger partial charge in [0.05, 0.1) is 17.3 Å². The molecule has 1 aliphatic rings. The van der Waals surface area contributed by atoms with E-state index in [1.807, 2.05) is 0 Å². The molecular formula is C28H28F2N6O3S. The Morgan fingerprint density at radius 2 is 1.68 bits per heavy atom. The van der Waals surface area contributed by atoms with Crippen molar-refractivity contribution in [2.24, 2.45) is 5.73 Å². The summed E-state index contributed by atoms with van der Waals surface area (Å²) in [7, 11) is -3.10. The van der Waals surface area contributed by atoms with E-state index in [0.717, 1.165) is 25.7 Å². The van der Waals surface area contributed by atoms with Crippen molar-refractivity contribution in [1.29, 1.82) is 0 Å². The lowest BCUT2D eigenvalue weighted by Gasteiger charge is -2.26.